The molecule has 1 aromatic heterocycles. The summed E-state index contributed by atoms with van der Waals surface area (Å²) in [6.45, 7) is 7.11. The number of ether oxygens (including phenoxy) is 1. The van der Waals surface area contributed by atoms with Gasteiger partial charge in [0.15, 0.2) is 5.13 Å². The minimum atomic E-state index is -0.296. The van der Waals surface area contributed by atoms with E-state index in [-0.39, 0.29) is 18.1 Å². The number of aliphatic imine (C=N–C) groups is 1. The van der Waals surface area contributed by atoms with E-state index in [0.717, 1.165) is 78.0 Å². The van der Waals surface area contributed by atoms with Gasteiger partial charge in [-0.3, -0.25) is 14.7 Å². The van der Waals surface area contributed by atoms with Crippen molar-refractivity contribution >= 4 is 50.1 Å². The van der Waals surface area contributed by atoms with E-state index < -0.39 is 0 Å². The first-order valence-corrected chi connectivity index (χ1v) is 13.6. The monoisotopic (exact) mass is 507 g/mol. The lowest BCUT2D eigenvalue weighted by Crippen LogP contribution is -2.52. The Hall–Kier alpha value is -3.20. The summed E-state index contributed by atoms with van der Waals surface area (Å²) in [6, 6.07) is 6.40. The Morgan fingerprint density at radius 1 is 1.19 bits per heavy atom. The predicted octanol–water partition coefficient (Wildman–Crippen LogP) is 5.43. The topological polar surface area (TPSA) is 87.1 Å². The first-order chi connectivity index (χ1) is 17.4. The van der Waals surface area contributed by atoms with E-state index in [0.29, 0.717) is 17.7 Å². The van der Waals surface area contributed by atoms with Crippen molar-refractivity contribution < 1.29 is 14.3 Å². The molecular weight excluding hydrogens is 474 g/mol. The Labute approximate surface area is 215 Å². The van der Waals surface area contributed by atoms with Crippen molar-refractivity contribution in [1.29, 1.82) is 0 Å². The van der Waals surface area contributed by atoms with E-state index in [2.05, 4.69) is 26.8 Å². The van der Waals surface area contributed by atoms with E-state index in [1.54, 1.807) is 11.9 Å². The number of fused-ring (bicyclic) bond motifs is 1. The number of thiazole rings is 1. The molecular formula is C27H33N5O3S. The van der Waals surface area contributed by atoms with Crippen LogP contribution in [0.5, 0.6) is 0 Å². The zero-order valence-corrected chi connectivity index (χ0v) is 21.8. The maximum absolute atomic E-state index is 13.3. The number of nitrogens with zero attached hydrogens (tertiary/aromatic N) is 4. The number of rotatable bonds is 5. The van der Waals surface area contributed by atoms with Crippen LogP contribution < -0.4 is 5.32 Å². The summed E-state index contributed by atoms with van der Waals surface area (Å²) in [5, 5.41) is 3.32. The highest BCUT2D eigenvalue weighted by molar-refractivity contribution is 7.22. The molecule has 2 aliphatic carbocycles. The van der Waals surface area contributed by atoms with Gasteiger partial charge in [-0.05, 0) is 67.9 Å². The van der Waals surface area contributed by atoms with Crippen LogP contribution in [0.1, 0.15) is 57.4 Å². The first kappa shape index (κ1) is 24.5. The molecule has 0 atom stereocenters. The van der Waals surface area contributed by atoms with Gasteiger partial charge in [0.05, 0.1) is 15.9 Å². The SMILES string of the molecule is C=C(/C=C1\C(=N/C)N(C2CC2)CCN1C(=O)OC1CCCCC1)c1ccc2nc(NC(C)=O)sc2c1. The highest BCUT2D eigenvalue weighted by Crippen LogP contribution is 2.34. The quantitative estimate of drug-likeness (QED) is 0.583. The molecule has 1 N–H and O–H groups in total. The zero-order chi connectivity index (χ0) is 25.2. The van der Waals surface area contributed by atoms with Crippen LogP contribution in [0.15, 0.2) is 41.5 Å². The summed E-state index contributed by atoms with van der Waals surface area (Å²) in [5.41, 5.74) is 3.26. The lowest BCUT2D eigenvalue weighted by atomic mass is 9.98. The van der Waals surface area contributed by atoms with Crippen LogP contribution in [0.2, 0.25) is 0 Å². The van der Waals surface area contributed by atoms with Crippen molar-refractivity contribution in [1.82, 2.24) is 14.8 Å². The highest BCUT2D eigenvalue weighted by Gasteiger charge is 2.39. The van der Waals surface area contributed by atoms with Crippen LogP contribution in [-0.2, 0) is 9.53 Å². The lowest BCUT2D eigenvalue weighted by molar-refractivity contribution is -0.114. The van der Waals surface area contributed by atoms with Crippen molar-refractivity contribution in [2.45, 2.75) is 64.0 Å². The summed E-state index contributed by atoms with van der Waals surface area (Å²) in [7, 11) is 1.78. The standard InChI is InChI=1S/C27H33N5O3S/c1-17(19-9-12-22-24(16-19)36-26(30-22)29-18(2)33)15-23-25(28-3)31(20-10-11-20)13-14-32(23)27(34)35-21-7-5-4-6-8-21/h9,12,15-16,20-21H,1,4-8,10-11,13-14H2,2-3H3,(H,29,30,33)/b23-15+,28-25+. The summed E-state index contributed by atoms with van der Waals surface area (Å²) in [5.74, 6) is 0.671. The molecule has 2 amide bonds. The van der Waals surface area contributed by atoms with Crippen LogP contribution in [0, 0.1) is 0 Å². The van der Waals surface area contributed by atoms with Gasteiger partial charge in [-0.25, -0.2) is 9.78 Å². The molecule has 2 saturated carbocycles. The number of carbonyl (C=O) groups is 2. The third-order valence-electron chi connectivity index (χ3n) is 6.95. The normalized spacial score (nSPS) is 21.3. The van der Waals surface area contributed by atoms with Crippen molar-refractivity contribution in [2.24, 2.45) is 4.99 Å². The van der Waals surface area contributed by atoms with Gasteiger partial charge in [0, 0.05) is 33.1 Å². The van der Waals surface area contributed by atoms with Gasteiger partial charge in [0.25, 0.3) is 0 Å². The van der Waals surface area contributed by atoms with E-state index in [1.807, 2.05) is 24.3 Å². The maximum Gasteiger partial charge on any atom is 0.414 e. The van der Waals surface area contributed by atoms with Crippen LogP contribution in [-0.4, -0.2) is 64.9 Å². The highest BCUT2D eigenvalue weighted by atomic mass is 32.1. The fourth-order valence-electron chi connectivity index (χ4n) is 4.98. The number of anilines is 1. The van der Waals surface area contributed by atoms with E-state index in [9.17, 15) is 9.59 Å². The number of amides is 2. The molecule has 9 heteroatoms. The van der Waals surface area contributed by atoms with Crippen molar-refractivity contribution in [2.75, 3.05) is 25.5 Å². The lowest BCUT2D eigenvalue weighted by Gasteiger charge is -2.39. The molecule has 0 spiro atoms. The van der Waals surface area contributed by atoms with E-state index in [4.69, 9.17) is 4.74 Å². The number of hydrogen-bond acceptors (Lipinski definition) is 6. The molecule has 2 heterocycles. The molecule has 8 nitrogen and oxygen atoms in total. The Kier molecular flexibility index (Phi) is 7.09. The summed E-state index contributed by atoms with van der Waals surface area (Å²) in [6.07, 6.45) is 9.25. The fourth-order valence-corrected chi connectivity index (χ4v) is 5.94. The van der Waals surface area contributed by atoms with Gasteiger partial charge in [0.1, 0.15) is 11.9 Å². The molecule has 190 valence electrons. The Balaban J connectivity index is 1.43. The third-order valence-corrected chi connectivity index (χ3v) is 7.88. The van der Waals surface area contributed by atoms with Crippen LogP contribution in [0.3, 0.4) is 0 Å². The summed E-state index contributed by atoms with van der Waals surface area (Å²) < 4.78 is 6.90. The molecule has 1 saturated heterocycles. The summed E-state index contributed by atoms with van der Waals surface area (Å²) >= 11 is 1.42. The smallest absolute Gasteiger partial charge is 0.414 e. The number of aromatic nitrogens is 1. The second-order valence-electron chi connectivity index (χ2n) is 9.70. The second kappa shape index (κ2) is 10.4. The Morgan fingerprint density at radius 2 is 1.97 bits per heavy atom. The summed E-state index contributed by atoms with van der Waals surface area (Å²) in [4.78, 5) is 37.9. The number of piperazine rings is 1. The number of benzene rings is 1. The van der Waals surface area contributed by atoms with Crippen LogP contribution >= 0.6 is 11.3 Å². The Bertz CT molecular complexity index is 1240. The zero-order valence-electron chi connectivity index (χ0n) is 21.0. The molecule has 5 rings (SSSR count). The molecule has 1 aliphatic heterocycles. The maximum atomic E-state index is 13.3. The van der Waals surface area contributed by atoms with Crippen LogP contribution in [0.25, 0.3) is 15.8 Å². The van der Waals surface area contributed by atoms with Crippen molar-refractivity contribution in [3.63, 3.8) is 0 Å². The second-order valence-corrected chi connectivity index (χ2v) is 10.7. The minimum absolute atomic E-state index is 0.00859. The van der Waals surface area contributed by atoms with Gasteiger partial charge >= 0.3 is 6.09 Å². The van der Waals surface area contributed by atoms with Crippen molar-refractivity contribution in [3.8, 4) is 0 Å². The number of hydrogen-bond donors (Lipinski definition) is 1. The van der Waals surface area contributed by atoms with Gasteiger partial charge < -0.3 is 15.0 Å². The van der Waals surface area contributed by atoms with Crippen molar-refractivity contribution in [3.05, 3.63) is 42.1 Å². The van der Waals surface area contributed by atoms with Gasteiger partial charge in [-0.15, -0.1) is 0 Å². The third kappa shape index (κ3) is 5.31. The molecule has 0 radical (unpaired) electrons. The van der Waals surface area contributed by atoms with Gasteiger partial charge in [0.2, 0.25) is 5.91 Å². The number of amidine groups is 1. The average molecular weight is 508 g/mol. The minimum Gasteiger partial charge on any atom is -0.446 e. The molecule has 0 bridgehead atoms. The molecule has 36 heavy (non-hydrogen) atoms. The molecule has 3 aliphatic rings. The number of allylic oxidation sites excluding steroid dienone is 2. The molecule has 1 aromatic carbocycles. The first-order valence-electron chi connectivity index (χ1n) is 12.7. The van der Waals surface area contributed by atoms with Crippen LogP contribution in [0.4, 0.5) is 9.93 Å². The molecule has 3 fully saturated rings. The number of carbonyl (C=O) groups excluding carboxylic acids is 2. The van der Waals surface area contributed by atoms with Gasteiger partial charge in [-0.2, -0.15) is 0 Å². The largest absolute Gasteiger partial charge is 0.446 e. The number of nitrogens with one attached hydrogen (secondary N) is 1. The average Bonchev–Trinajstić information content (AvgIpc) is 3.63. The van der Waals surface area contributed by atoms with E-state index in [1.165, 1.54) is 24.7 Å². The molecule has 2 aromatic rings. The van der Waals surface area contributed by atoms with E-state index >= 15 is 0 Å². The molecule has 0 unspecified atom stereocenters. The van der Waals surface area contributed by atoms with Gasteiger partial charge in [-0.1, -0.05) is 30.4 Å². The fraction of sp³-hybridized carbons (Fsp3) is 0.481. The Morgan fingerprint density at radius 3 is 2.67 bits per heavy atom. The predicted molar refractivity (Wildman–Crippen MR) is 144 cm³/mol.